The number of amides is 1. The Labute approximate surface area is 137 Å². The zero-order valence-electron chi connectivity index (χ0n) is 14.2. The van der Waals surface area contributed by atoms with Crippen LogP contribution in [0.5, 0.6) is 5.75 Å². The molecule has 0 spiro atoms. The summed E-state index contributed by atoms with van der Waals surface area (Å²) in [5.41, 5.74) is 6.14. The van der Waals surface area contributed by atoms with Gasteiger partial charge in [0.15, 0.2) is 5.96 Å². The van der Waals surface area contributed by atoms with Crippen LogP contribution in [0, 0.1) is 0 Å². The van der Waals surface area contributed by atoms with Gasteiger partial charge in [-0.15, -0.1) is 0 Å². The van der Waals surface area contributed by atoms with Crippen molar-refractivity contribution in [2.75, 3.05) is 25.5 Å². The SMILES string of the molecule is COc1ccc(NC(N)=NCCCNC(=O)OC(C)(C)C)cc1. The normalized spacial score (nSPS) is 11.7. The molecule has 0 saturated heterocycles. The third-order valence-corrected chi connectivity index (χ3v) is 2.65. The highest BCUT2D eigenvalue weighted by Gasteiger charge is 2.15. The number of benzene rings is 1. The van der Waals surface area contributed by atoms with Crippen LogP contribution in [-0.2, 0) is 4.74 Å². The fourth-order valence-electron chi connectivity index (χ4n) is 1.64. The average molecular weight is 322 g/mol. The van der Waals surface area contributed by atoms with E-state index in [2.05, 4.69) is 15.6 Å². The third kappa shape index (κ3) is 8.55. The molecule has 0 aliphatic heterocycles. The minimum atomic E-state index is -0.491. The number of aliphatic imine (C=N–C) groups is 1. The first-order chi connectivity index (χ1) is 10.8. The Kier molecular flexibility index (Phi) is 7.18. The summed E-state index contributed by atoms with van der Waals surface area (Å²) in [5, 5.41) is 5.65. The molecule has 1 aromatic rings. The van der Waals surface area contributed by atoms with E-state index >= 15 is 0 Å². The number of hydrogen-bond acceptors (Lipinski definition) is 4. The molecular weight excluding hydrogens is 296 g/mol. The first-order valence-corrected chi connectivity index (χ1v) is 7.48. The molecule has 7 nitrogen and oxygen atoms in total. The van der Waals surface area contributed by atoms with E-state index in [1.807, 2.05) is 45.0 Å². The van der Waals surface area contributed by atoms with Gasteiger partial charge in [0.25, 0.3) is 0 Å². The summed E-state index contributed by atoms with van der Waals surface area (Å²) in [6, 6.07) is 7.37. The first-order valence-electron chi connectivity index (χ1n) is 7.48. The standard InChI is InChI=1S/C16H26N4O3/c1-16(2,3)23-15(21)19-11-5-10-18-14(17)20-12-6-8-13(22-4)9-7-12/h6-9H,5,10-11H2,1-4H3,(H,19,21)(H3,17,18,20). The van der Waals surface area contributed by atoms with Crippen LogP contribution in [0.1, 0.15) is 27.2 Å². The van der Waals surface area contributed by atoms with Crippen molar-refractivity contribution < 1.29 is 14.3 Å². The summed E-state index contributed by atoms with van der Waals surface area (Å²) in [6.45, 7) is 6.45. The molecule has 1 aromatic carbocycles. The van der Waals surface area contributed by atoms with Crippen molar-refractivity contribution in [2.24, 2.45) is 10.7 Å². The molecule has 0 radical (unpaired) electrons. The summed E-state index contributed by atoms with van der Waals surface area (Å²) < 4.78 is 10.2. The minimum Gasteiger partial charge on any atom is -0.497 e. The number of methoxy groups -OCH3 is 1. The molecule has 0 aromatic heterocycles. The number of alkyl carbamates (subject to hydrolysis) is 1. The van der Waals surface area contributed by atoms with E-state index in [9.17, 15) is 4.79 Å². The Balaban J connectivity index is 2.24. The first kappa shape index (κ1) is 18.6. The zero-order valence-corrected chi connectivity index (χ0v) is 14.2. The van der Waals surface area contributed by atoms with Gasteiger partial charge in [0.2, 0.25) is 0 Å². The maximum Gasteiger partial charge on any atom is 0.407 e. The van der Waals surface area contributed by atoms with Crippen LogP contribution >= 0.6 is 0 Å². The second-order valence-electron chi connectivity index (χ2n) is 5.90. The van der Waals surface area contributed by atoms with Crippen molar-refractivity contribution in [3.05, 3.63) is 24.3 Å². The lowest BCUT2D eigenvalue weighted by atomic mass is 10.2. The quantitative estimate of drug-likeness (QED) is 0.424. The Hall–Kier alpha value is -2.44. The molecule has 0 aliphatic carbocycles. The third-order valence-electron chi connectivity index (χ3n) is 2.65. The van der Waals surface area contributed by atoms with Crippen LogP contribution in [0.25, 0.3) is 0 Å². The van der Waals surface area contributed by atoms with Gasteiger partial charge in [-0.2, -0.15) is 0 Å². The average Bonchev–Trinajstić information content (AvgIpc) is 2.46. The number of rotatable bonds is 6. The van der Waals surface area contributed by atoms with Crippen LogP contribution < -0.4 is 21.1 Å². The number of nitrogens with zero attached hydrogens (tertiary/aromatic N) is 1. The lowest BCUT2D eigenvalue weighted by Crippen LogP contribution is -2.33. The Bertz CT molecular complexity index is 521. The lowest BCUT2D eigenvalue weighted by Gasteiger charge is -2.19. The van der Waals surface area contributed by atoms with Crippen molar-refractivity contribution in [1.29, 1.82) is 0 Å². The van der Waals surface area contributed by atoms with E-state index in [-0.39, 0.29) is 0 Å². The van der Waals surface area contributed by atoms with E-state index in [0.29, 0.717) is 25.5 Å². The Morgan fingerprint density at radius 3 is 2.48 bits per heavy atom. The van der Waals surface area contributed by atoms with Crippen LogP contribution in [0.4, 0.5) is 10.5 Å². The maximum atomic E-state index is 11.4. The number of nitrogens with two attached hydrogens (primary N) is 1. The van der Waals surface area contributed by atoms with Gasteiger partial charge in [0.1, 0.15) is 11.4 Å². The molecule has 0 saturated carbocycles. The molecule has 0 unspecified atom stereocenters. The predicted molar refractivity (Wildman–Crippen MR) is 92.0 cm³/mol. The number of anilines is 1. The molecule has 128 valence electrons. The lowest BCUT2D eigenvalue weighted by molar-refractivity contribution is 0.0527. The molecule has 23 heavy (non-hydrogen) atoms. The highest BCUT2D eigenvalue weighted by atomic mass is 16.6. The van der Waals surface area contributed by atoms with Crippen LogP contribution in [-0.4, -0.2) is 37.9 Å². The second-order valence-corrected chi connectivity index (χ2v) is 5.90. The molecule has 0 fully saturated rings. The van der Waals surface area contributed by atoms with Crippen molar-refractivity contribution in [2.45, 2.75) is 32.8 Å². The number of carbonyl (C=O) groups is 1. The monoisotopic (exact) mass is 322 g/mol. The van der Waals surface area contributed by atoms with Gasteiger partial charge in [0.05, 0.1) is 7.11 Å². The highest BCUT2D eigenvalue weighted by molar-refractivity contribution is 5.92. The van der Waals surface area contributed by atoms with Gasteiger partial charge in [0, 0.05) is 18.8 Å². The smallest absolute Gasteiger partial charge is 0.407 e. The number of hydrogen-bond donors (Lipinski definition) is 3. The van der Waals surface area contributed by atoms with E-state index in [1.165, 1.54) is 0 Å². The number of nitrogens with one attached hydrogen (secondary N) is 2. The fraction of sp³-hybridized carbons (Fsp3) is 0.500. The van der Waals surface area contributed by atoms with Crippen LogP contribution in [0.3, 0.4) is 0 Å². The summed E-state index contributed by atoms with van der Waals surface area (Å²) >= 11 is 0. The maximum absolute atomic E-state index is 11.4. The van der Waals surface area contributed by atoms with Gasteiger partial charge in [-0.1, -0.05) is 0 Å². The molecule has 0 heterocycles. The van der Waals surface area contributed by atoms with Gasteiger partial charge < -0.3 is 25.8 Å². The van der Waals surface area contributed by atoms with Gasteiger partial charge in [-0.05, 0) is 51.5 Å². The summed E-state index contributed by atoms with van der Waals surface area (Å²) in [7, 11) is 1.61. The van der Waals surface area contributed by atoms with Crippen molar-refractivity contribution in [1.82, 2.24) is 5.32 Å². The Morgan fingerprint density at radius 2 is 1.91 bits per heavy atom. The molecule has 0 aliphatic rings. The van der Waals surface area contributed by atoms with Gasteiger partial charge in [-0.25, -0.2) is 4.79 Å². The molecule has 1 rings (SSSR count). The number of guanidine groups is 1. The largest absolute Gasteiger partial charge is 0.497 e. The molecule has 1 amide bonds. The predicted octanol–water partition coefficient (Wildman–Crippen LogP) is 2.34. The molecule has 4 N–H and O–H groups in total. The van der Waals surface area contributed by atoms with E-state index in [1.54, 1.807) is 7.11 Å². The number of ether oxygens (including phenoxy) is 2. The molecular formula is C16H26N4O3. The Morgan fingerprint density at radius 1 is 1.26 bits per heavy atom. The van der Waals surface area contributed by atoms with Crippen molar-refractivity contribution in [3.63, 3.8) is 0 Å². The number of carbonyl (C=O) groups excluding carboxylic acids is 1. The van der Waals surface area contributed by atoms with Crippen molar-refractivity contribution in [3.8, 4) is 5.75 Å². The molecule has 0 atom stereocenters. The van der Waals surface area contributed by atoms with E-state index in [0.717, 1.165) is 11.4 Å². The fourth-order valence-corrected chi connectivity index (χ4v) is 1.64. The second kappa shape index (κ2) is 8.87. The van der Waals surface area contributed by atoms with Crippen LogP contribution in [0.15, 0.2) is 29.3 Å². The molecule has 0 bridgehead atoms. The topological polar surface area (TPSA) is 98.0 Å². The van der Waals surface area contributed by atoms with E-state index in [4.69, 9.17) is 15.2 Å². The summed E-state index contributed by atoms with van der Waals surface area (Å²) in [6.07, 6.45) is 0.246. The molecule has 7 heteroatoms. The minimum absolute atomic E-state index is 0.326. The zero-order chi connectivity index (χ0) is 17.3. The van der Waals surface area contributed by atoms with Gasteiger partial charge in [-0.3, -0.25) is 4.99 Å². The van der Waals surface area contributed by atoms with E-state index < -0.39 is 11.7 Å². The summed E-state index contributed by atoms with van der Waals surface area (Å²) in [4.78, 5) is 15.6. The van der Waals surface area contributed by atoms with Crippen molar-refractivity contribution >= 4 is 17.7 Å². The van der Waals surface area contributed by atoms with Crippen LogP contribution in [0.2, 0.25) is 0 Å². The highest BCUT2D eigenvalue weighted by Crippen LogP contribution is 2.14. The van der Waals surface area contributed by atoms with Gasteiger partial charge >= 0.3 is 6.09 Å². The summed E-state index contributed by atoms with van der Waals surface area (Å²) in [5.74, 6) is 1.10.